The molecule has 0 spiro atoms. The lowest BCUT2D eigenvalue weighted by Crippen LogP contribution is -2.49. The molecule has 0 unspecified atom stereocenters. The molecule has 0 aromatic heterocycles. The molecule has 2 aromatic carbocycles. The Kier molecular flexibility index (Phi) is 9.08. The van der Waals surface area contributed by atoms with Crippen LogP contribution < -0.4 is 10.1 Å². The number of methoxy groups -OCH3 is 1. The van der Waals surface area contributed by atoms with Gasteiger partial charge in [-0.15, -0.1) is 12.4 Å². The maximum Gasteiger partial charge on any atom is 0.251 e. The summed E-state index contributed by atoms with van der Waals surface area (Å²) >= 11 is 0. The molecule has 0 saturated carbocycles. The van der Waals surface area contributed by atoms with Crippen molar-refractivity contribution in [2.24, 2.45) is 0 Å². The molecular weight excluding hydrogens is 408 g/mol. The number of rotatable bonds is 8. The highest BCUT2D eigenvalue weighted by Gasteiger charge is 2.45. The molecule has 0 bridgehead atoms. The Bertz CT molecular complexity index is 790. The van der Waals surface area contributed by atoms with Gasteiger partial charge in [0.1, 0.15) is 18.0 Å². The fraction of sp³-hybridized carbons (Fsp3) is 0.409. The fourth-order valence-electron chi connectivity index (χ4n) is 3.70. The Balaban J connectivity index is 0.00000320. The molecular formula is C22H29ClN2O5. The van der Waals surface area contributed by atoms with Crippen LogP contribution in [0.1, 0.15) is 15.9 Å². The molecule has 1 saturated heterocycles. The van der Waals surface area contributed by atoms with E-state index in [1.807, 2.05) is 42.3 Å². The highest BCUT2D eigenvalue weighted by atomic mass is 35.5. The Morgan fingerprint density at radius 3 is 2.40 bits per heavy atom. The number of benzene rings is 2. The van der Waals surface area contributed by atoms with E-state index >= 15 is 0 Å². The van der Waals surface area contributed by atoms with Crippen LogP contribution >= 0.6 is 12.4 Å². The number of ether oxygens (including phenoxy) is 2. The van der Waals surface area contributed by atoms with Gasteiger partial charge in [0, 0.05) is 18.7 Å². The highest BCUT2D eigenvalue weighted by molar-refractivity contribution is 5.94. The molecule has 3 rings (SSSR count). The number of carbonyl (C=O) groups is 1. The van der Waals surface area contributed by atoms with E-state index in [9.17, 15) is 15.0 Å². The van der Waals surface area contributed by atoms with Gasteiger partial charge < -0.3 is 25.0 Å². The first-order valence-electron chi connectivity index (χ1n) is 9.64. The molecule has 7 nitrogen and oxygen atoms in total. The second kappa shape index (κ2) is 11.3. The van der Waals surface area contributed by atoms with Crippen molar-refractivity contribution >= 4 is 18.3 Å². The average Bonchev–Trinajstić information content (AvgIpc) is 3.08. The topological polar surface area (TPSA) is 91.3 Å². The smallest absolute Gasteiger partial charge is 0.251 e. The zero-order valence-electron chi connectivity index (χ0n) is 17.1. The SMILES string of the molecule is COc1ccc(C(=O)NC[C@H]2O[C@@H](CO)[C@@H](O)[C@H]2N(C)Cc2ccccc2)cc1.Cl. The Morgan fingerprint density at radius 1 is 1.13 bits per heavy atom. The van der Waals surface area contributed by atoms with Crippen molar-refractivity contribution in [3.63, 3.8) is 0 Å². The van der Waals surface area contributed by atoms with Crippen molar-refractivity contribution < 1.29 is 24.5 Å². The Morgan fingerprint density at radius 2 is 1.80 bits per heavy atom. The van der Waals surface area contributed by atoms with E-state index in [2.05, 4.69) is 5.32 Å². The zero-order chi connectivity index (χ0) is 20.8. The van der Waals surface area contributed by atoms with Gasteiger partial charge in [-0.1, -0.05) is 30.3 Å². The van der Waals surface area contributed by atoms with Crippen LogP contribution in [-0.2, 0) is 11.3 Å². The number of halogens is 1. The monoisotopic (exact) mass is 436 g/mol. The second-order valence-corrected chi connectivity index (χ2v) is 7.22. The van der Waals surface area contributed by atoms with Gasteiger partial charge in [-0.3, -0.25) is 9.69 Å². The van der Waals surface area contributed by atoms with Crippen LogP contribution in [0.2, 0.25) is 0 Å². The predicted octanol–water partition coefficient (Wildman–Crippen LogP) is 1.47. The number of aliphatic hydroxyl groups is 2. The molecule has 30 heavy (non-hydrogen) atoms. The van der Waals surface area contributed by atoms with Crippen LogP contribution in [0.4, 0.5) is 0 Å². The number of hydrogen-bond donors (Lipinski definition) is 3. The number of amides is 1. The first kappa shape index (κ1) is 24.1. The molecule has 1 aliphatic rings. The Hall–Kier alpha value is -2.16. The third-order valence-electron chi connectivity index (χ3n) is 5.24. The predicted molar refractivity (Wildman–Crippen MR) is 116 cm³/mol. The van der Waals surface area contributed by atoms with Crippen LogP contribution in [0.15, 0.2) is 54.6 Å². The summed E-state index contributed by atoms with van der Waals surface area (Å²) in [5.41, 5.74) is 1.62. The number of carbonyl (C=O) groups excluding carboxylic acids is 1. The van der Waals surface area contributed by atoms with Crippen molar-refractivity contribution in [3.05, 3.63) is 65.7 Å². The molecule has 4 atom stereocenters. The number of nitrogens with one attached hydrogen (secondary N) is 1. The number of aliphatic hydroxyl groups excluding tert-OH is 2. The summed E-state index contributed by atoms with van der Waals surface area (Å²) in [7, 11) is 3.48. The molecule has 1 aliphatic heterocycles. The third kappa shape index (κ3) is 5.71. The van der Waals surface area contributed by atoms with Crippen molar-refractivity contribution in [2.45, 2.75) is 30.9 Å². The summed E-state index contributed by atoms with van der Waals surface area (Å²) in [5, 5.41) is 23.1. The van der Waals surface area contributed by atoms with Gasteiger partial charge in [0.2, 0.25) is 0 Å². The Labute approximate surface area is 183 Å². The number of likely N-dealkylation sites (N-methyl/N-ethyl adjacent to an activating group) is 1. The lowest BCUT2D eigenvalue weighted by atomic mass is 10.0. The average molecular weight is 437 g/mol. The fourth-order valence-corrected chi connectivity index (χ4v) is 3.70. The summed E-state index contributed by atoms with van der Waals surface area (Å²) < 4.78 is 10.9. The molecule has 1 heterocycles. The molecule has 164 valence electrons. The first-order chi connectivity index (χ1) is 14.0. The van der Waals surface area contributed by atoms with E-state index < -0.39 is 18.3 Å². The number of hydrogen-bond acceptors (Lipinski definition) is 6. The maximum absolute atomic E-state index is 12.5. The minimum absolute atomic E-state index is 0. The minimum Gasteiger partial charge on any atom is -0.497 e. The molecule has 0 aliphatic carbocycles. The van der Waals surface area contributed by atoms with Gasteiger partial charge in [-0.2, -0.15) is 0 Å². The largest absolute Gasteiger partial charge is 0.497 e. The van der Waals surface area contributed by atoms with E-state index in [1.54, 1.807) is 31.4 Å². The van der Waals surface area contributed by atoms with Crippen molar-refractivity contribution in [3.8, 4) is 5.75 Å². The number of nitrogens with zero attached hydrogens (tertiary/aromatic N) is 1. The van der Waals surface area contributed by atoms with Gasteiger partial charge in [0.05, 0.1) is 25.9 Å². The zero-order valence-corrected chi connectivity index (χ0v) is 17.9. The van der Waals surface area contributed by atoms with Gasteiger partial charge >= 0.3 is 0 Å². The molecule has 1 fully saturated rings. The summed E-state index contributed by atoms with van der Waals surface area (Å²) in [6.07, 6.45) is -1.98. The summed E-state index contributed by atoms with van der Waals surface area (Å²) in [5.74, 6) is 0.444. The molecule has 2 aromatic rings. The summed E-state index contributed by atoms with van der Waals surface area (Å²) in [4.78, 5) is 14.5. The molecule has 8 heteroatoms. The van der Waals surface area contributed by atoms with Crippen LogP contribution in [-0.4, -0.2) is 72.7 Å². The summed E-state index contributed by atoms with van der Waals surface area (Å²) in [6.45, 7) is 0.564. The van der Waals surface area contributed by atoms with Crippen molar-refractivity contribution in [1.82, 2.24) is 10.2 Å². The van der Waals surface area contributed by atoms with Crippen LogP contribution in [0, 0.1) is 0 Å². The molecule has 0 radical (unpaired) electrons. The standard InChI is InChI=1S/C22H28N2O5.ClH/c1-24(13-15-6-4-3-5-7-15)20-18(29-19(14-25)21(20)26)12-23-22(27)16-8-10-17(28-2)11-9-16;/h3-11,18-21,25-26H,12-14H2,1-2H3,(H,23,27);1H/t18-,19+,20+,21-;/m1./s1. The van der Waals surface area contributed by atoms with Gasteiger partial charge in [-0.05, 0) is 36.9 Å². The quantitative estimate of drug-likeness (QED) is 0.580. The van der Waals surface area contributed by atoms with Crippen molar-refractivity contribution in [2.75, 3.05) is 27.3 Å². The van der Waals surface area contributed by atoms with Gasteiger partial charge in [0.25, 0.3) is 5.91 Å². The maximum atomic E-state index is 12.5. The normalized spacial score (nSPS) is 23.1. The van der Waals surface area contributed by atoms with Crippen LogP contribution in [0.5, 0.6) is 5.75 Å². The highest BCUT2D eigenvalue weighted by Crippen LogP contribution is 2.26. The van der Waals surface area contributed by atoms with Crippen LogP contribution in [0.25, 0.3) is 0 Å². The van der Waals surface area contributed by atoms with Crippen LogP contribution in [0.3, 0.4) is 0 Å². The third-order valence-corrected chi connectivity index (χ3v) is 5.24. The van der Waals surface area contributed by atoms with E-state index in [0.29, 0.717) is 17.9 Å². The van der Waals surface area contributed by atoms with E-state index in [4.69, 9.17) is 9.47 Å². The van der Waals surface area contributed by atoms with E-state index in [0.717, 1.165) is 5.56 Å². The second-order valence-electron chi connectivity index (χ2n) is 7.22. The van der Waals surface area contributed by atoms with Gasteiger partial charge in [0.15, 0.2) is 0 Å². The lowest BCUT2D eigenvalue weighted by molar-refractivity contribution is -0.0209. The molecule has 3 N–H and O–H groups in total. The van der Waals surface area contributed by atoms with Gasteiger partial charge in [-0.25, -0.2) is 0 Å². The summed E-state index contributed by atoms with van der Waals surface area (Å²) in [6, 6.07) is 16.4. The van der Waals surface area contributed by atoms with E-state index in [1.165, 1.54) is 0 Å². The minimum atomic E-state index is -0.850. The van der Waals surface area contributed by atoms with Crippen molar-refractivity contribution in [1.29, 1.82) is 0 Å². The molecule has 1 amide bonds. The van der Waals surface area contributed by atoms with E-state index in [-0.39, 0.29) is 37.5 Å². The lowest BCUT2D eigenvalue weighted by Gasteiger charge is -2.30. The first-order valence-corrected chi connectivity index (χ1v) is 9.64.